The molecule has 1 saturated heterocycles. The Morgan fingerprint density at radius 3 is 2.57 bits per heavy atom. The van der Waals surface area contributed by atoms with E-state index in [-0.39, 0.29) is 17.7 Å². The van der Waals surface area contributed by atoms with Gasteiger partial charge in [-0.3, -0.25) is 14.9 Å². The first-order valence-electron chi connectivity index (χ1n) is 14.8. The summed E-state index contributed by atoms with van der Waals surface area (Å²) < 4.78 is 10.4. The lowest BCUT2D eigenvalue weighted by Crippen LogP contribution is -2.49. The fourth-order valence-corrected chi connectivity index (χ4v) is 5.63. The number of hydrazine groups is 1. The number of hydrogen-bond donors (Lipinski definition) is 2. The second-order valence-corrected chi connectivity index (χ2v) is 11.4. The van der Waals surface area contributed by atoms with E-state index in [1.807, 2.05) is 24.3 Å². The van der Waals surface area contributed by atoms with Gasteiger partial charge in [-0.05, 0) is 73.8 Å². The molecule has 1 heterocycles. The molecule has 0 amide bonds. The van der Waals surface area contributed by atoms with Gasteiger partial charge in [0.25, 0.3) is 5.69 Å². The highest BCUT2D eigenvalue weighted by atomic mass is 16.6. The Balaban J connectivity index is 1.30. The van der Waals surface area contributed by atoms with Crippen LogP contribution in [0.2, 0.25) is 0 Å². The van der Waals surface area contributed by atoms with Gasteiger partial charge in [-0.1, -0.05) is 44.4 Å². The van der Waals surface area contributed by atoms with E-state index in [4.69, 9.17) is 4.74 Å². The van der Waals surface area contributed by atoms with Crippen molar-refractivity contribution in [3.8, 4) is 11.8 Å². The molecule has 9 heteroatoms. The number of ether oxygens (including phenoxy) is 2. The van der Waals surface area contributed by atoms with Gasteiger partial charge in [-0.25, -0.2) is 5.43 Å². The predicted molar refractivity (Wildman–Crippen MR) is 164 cm³/mol. The van der Waals surface area contributed by atoms with Crippen molar-refractivity contribution in [3.05, 3.63) is 81.5 Å². The zero-order valence-electron chi connectivity index (χ0n) is 24.9. The van der Waals surface area contributed by atoms with Gasteiger partial charge in [0.1, 0.15) is 5.56 Å². The van der Waals surface area contributed by atoms with Crippen LogP contribution in [0.3, 0.4) is 0 Å². The maximum Gasteiger partial charge on any atom is 0.305 e. The summed E-state index contributed by atoms with van der Waals surface area (Å²) in [7, 11) is 1.37. The number of esters is 1. The first-order chi connectivity index (χ1) is 20.2. The van der Waals surface area contributed by atoms with Crippen molar-refractivity contribution >= 4 is 17.3 Å². The minimum Gasteiger partial charge on any atom is -0.469 e. The van der Waals surface area contributed by atoms with Gasteiger partial charge in [0.15, 0.2) is 0 Å². The van der Waals surface area contributed by atoms with Crippen LogP contribution in [-0.2, 0) is 20.7 Å². The van der Waals surface area contributed by atoms with E-state index in [0.717, 1.165) is 56.6 Å². The van der Waals surface area contributed by atoms with Gasteiger partial charge < -0.3 is 19.8 Å². The second-order valence-electron chi connectivity index (χ2n) is 11.4. The van der Waals surface area contributed by atoms with Crippen molar-refractivity contribution < 1.29 is 19.2 Å². The molecule has 4 rings (SSSR count). The minimum absolute atomic E-state index is 0.0470. The quantitative estimate of drug-likeness (QED) is 0.167. The molecule has 0 aromatic heterocycles. The lowest BCUT2D eigenvalue weighted by molar-refractivity contribution is -0.385. The van der Waals surface area contributed by atoms with E-state index < -0.39 is 4.92 Å². The third-order valence-electron chi connectivity index (χ3n) is 8.26. The van der Waals surface area contributed by atoms with Gasteiger partial charge in [0.05, 0.1) is 37.0 Å². The fraction of sp³-hybridized carbons (Fsp3) is 0.485. The summed E-state index contributed by atoms with van der Waals surface area (Å²) in [6.45, 7) is 11.4. The largest absolute Gasteiger partial charge is 0.469 e. The molecule has 1 aliphatic carbocycles. The molecule has 2 aliphatic rings. The molecule has 1 unspecified atom stereocenters. The van der Waals surface area contributed by atoms with Crippen LogP contribution >= 0.6 is 0 Å². The van der Waals surface area contributed by atoms with E-state index in [0.29, 0.717) is 42.0 Å². The third-order valence-corrected chi connectivity index (χ3v) is 8.26. The molecule has 0 spiro atoms. The van der Waals surface area contributed by atoms with Gasteiger partial charge in [0, 0.05) is 36.3 Å². The van der Waals surface area contributed by atoms with Crippen LogP contribution in [0.15, 0.2) is 54.7 Å². The maximum atomic E-state index is 11.8. The molecule has 42 heavy (non-hydrogen) atoms. The number of nitrogens with zero attached hydrogens (tertiary/aromatic N) is 2. The van der Waals surface area contributed by atoms with Crippen molar-refractivity contribution in [1.82, 2.24) is 10.3 Å². The van der Waals surface area contributed by atoms with Crippen LogP contribution in [0.5, 0.6) is 0 Å². The zero-order chi connectivity index (χ0) is 30.1. The summed E-state index contributed by atoms with van der Waals surface area (Å²) in [5.41, 5.74) is 10.5. The summed E-state index contributed by atoms with van der Waals surface area (Å²) in [6, 6.07) is 13.1. The standard InChI is InChI=1S/C33H42N4O5/c1-23(2)32-22-42-20-19-36(32)24(3)27-12-15-29(16-13-27)34-35-30-17-14-28(31(21-30)37(39)40)11-9-25-5-7-26(8-6-25)10-18-33(38)41-4/h5-8,14,17,21,23,27,29,32,34-35H,3,10,12-13,15-16,18-20,22H2,1-2,4H3. The van der Waals surface area contributed by atoms with Crippen molar-refractivity contribution in [2.45, 2.75) is 64.5 Å². The molecule has 2 N–H and O–H groups in total. The number of benzene rings is 2. The number of hydrogen-bond acceptors (Lipinski definition) is 8. The average Bonchev–Trinajstić information content (AvgIpc) is 3.02. The summed E-state index contributed by atoms with van der Waals surface area (Å²) in [6.07, 6.45) is 5.01. The zero-order valence-corrected chi connectivity index (χ0v) is 24.9. The topological polar surface area (TPSA) is 106 Å². The fourth-order valence-electron chi connectivity index (χ4n) is 5.63. The Bertz CT molecular complexity index is 1310. The molecule has 224 valence electrons. The molecule has 2 aromatic carbocycles. The lowest BCUT2D eigenvalue weighted by atomic mass is 9.83. The Morgan fingerprint density at radius 2 is 1.90 bits per heavy atom. The molecule has 0 bridgehead atoms. The first kappa shape index (κ1) is 31.1. The number of nitrogens with one attached hydrogen (secondary N) is 2. The molecule has 1 saturated carbocycles. The number of rotatable bonds is 10. The van der Waals surface area contributed by atoms with Crippen LogP contribution in [-0.4, -0.2) is 54.7 Å². The molecular weight excluding hydrogens is 532 g/mol. The predicted octanol–water partition coefficient (Wildman–Crippen LogP) is 5.45. The number of nitro groups is 1. The van der Waals surface area contributed by atoms with Crippen molar-refractivity contribution in [2.24, 2.45) is 11.8 Å². The number of morpholine rings is 1. The molecule has 0 radical (unpaired) electrons. The smallest absolute Gasteiger partial charge is 0.305 e. The Morgan fingerprint density at radius 1 is 1.17 bits per heavy atom. The van der Waals surface area contributed by atoms with Crippen LogP contribution in [0.1, 0.15) is 62.6 Å². The highest BCUT2D eigenvalue weighted by molar-refractivity contribution is 5.69. The number of aryl methyl sites for hydroxylation is 1. The highest BCUT2D eigenvalue weighted by Crippen LogP contribution is 2.34. The van der Waals surface area contributed by atoms with Crippen LogP contribution in [0, 0.1) is 33.8 Å². The number of carbonyl (C=O) groups excluding carboxylic acids is 1. The Kier molecular flexibility index (Phi) is 11.0. The normalized spacial score (nSPS) is 20.4. The Hall–Kier alpha value is -3.87. The van der Waals surface area contributed by atoms with Gasteiger partial charge in [0.2, 0.25) is 0 Å². The van der Waals surface area contributed by atoms with E-state index in [1.54, 1.807) is 12.1 Å². The minimum atomic E-state index is -0.405. The summed E-state index contributed by atoms with van der Waals surface area (Å²) in [4.78, 5) is 25.2. The monoisotopic (exact) mass is 574 g/mol. The third kappa shape index (κ3) is 8.34. The van der Waals surface area contributed by atoms with E-state index in [9.17, 15) is 14.9 Å². The van der Waals surface area contributed by atoms with Crippen LogP contribution in [0.4, 0.5) is 11.4 Å². The number of methoxy groups -OCH3 is 1. The second kappa shape index (κ2) is 14.9. The number of anilines is 1. The van der Waals surface area contributed by atoms with Crippen LogP contribution in [0.25, 0.3) is 0 Å². The van der Waals surface area contributed by atoms with E-state index in [2.05, 4.69) is 52.8 Å². The van der Waals surface area contributed by atoms with Gasteiger partial charge in [-0.2, -0.15) is 0 Å². The number of nitro benzene ring substituents is 1. The summed E-state index contributed by atoms with van der Waals surface area (Å²) in [5.74, 6) is 6.68. The van der Waals surface area contributed by atoms with Gasteiger partial charge in [-0.15, -0.1) is 0 Å². The molecule has 2 fully saturated rings. The lowest BCUT2D eigenvalue weighted by Gasteiger charge is -2.44. The van der Waals surface area contributed by atoms with Crippen LogP contribution < -0.4 is 10.9 Å². The molecule has 9 nitrogen and oxygen atoms in total. The van der Waals surface area contributed by atoms with E-state index in [1.165, 1.54) is 18.9 Å². The molecule has 1 aliphatic heterocycles. The van der Waals surface area contributed by atoms with Gasteiger partial charge >= 0.3 is 5.97 Å². The van der Waals surface area contributed by atoms with Crippen molar-refractivity contribution in [1.29, 1.82) is 0 Å². The number of allylic oxidation sites excluding steroid dienone is 1. The van der Waals surface area contributed by atoms with E-state index >= 15 is 0 Å². The molecule has 2 aromatic rings. The average molecular weight is 575 g/mol. The Labute approximate surface area is 248 Å². The molecular formula is C33H42N4O5. The van der Waals surface area contributed by atoms with Crippen molar-refractivity contribution in [2.75, 3.05) is 32.3 Å². The highest BCUT2D eigenvalue weighted by Gasteiger charge is 2.32. The SMILES string of the molecule is C=C(C1CCC(NNc2ccc(C#Cc3ccc(CCC(=O)OC)cc3)c([N+](=O)[O-])c2)CC1)N1CCOCC1C(C)C. The summed E-state index contributed by atoms with van der Waals surface area (Å²) in [5, 5.41) is 11.8. The van der Waals surface area contributed by atoms with Crippen molar-refractivity contribution in [3.63, 3.8) is 0 Å². The summed E-state index contributed by atoms with van der Waals surface area (Å²) >= 11 is 0. The number of carbonyl (C=O) groups is 1. The maximum absolute atomic E-state index is 11.8. The first-order valence-corrected chi connectivity index (χ1v) is 14.8. The molecule has 1 atom stereocenters.